The highest BCUT2D eigenvalue weighted by Gasteiger charge is 2.40. The number of carbonyl (C=O) groups excluding carboxylic acids is 3. The summed E-state index contributed by atoms with van der Waals surface area (Å²) in [4.78, 5) is 45.6. The second-order valence-electron chi connectivity index (χ2n) is 10.1. The zero-order chi connectivity index (χ0) is 25.4. The van der Waals surface area contributed by atoms with Crippen LogP contribution in [0.3, 0.4) is 0 Å². The fraction of sp³-hybridized carbons (Fsp3) is 0.333. The summed E-state index contributed by atoms with van der Waals surface area (Å²) in [5, 5.41) is 0. The monoisotopic (exact) mass is 495 g/mol. The van der Waals surface area contributed by atoms with Gasteiger partial charge < -0.3 is 9.64 Å². The molecule has 1 fully saturated rings. The smallest absolute Gasteiger partial charge is 0.255 e. The molecule has 7 heteroatoms. The van der Waals surface area contributed by atoms with E-state index in [1.165, 1.54) is 16.8 Å². The molecule has 7 nitrogen and oxygen atoms in total. The summed E-state index contributed by atoms with van der Waals surface area (Å²) in [6, 6.07) is 17.6. The third-order valence-electron chi connectivity index (χ3n) is 7.64. The number of ketones is 2. The zero-order valence-corrected chi connectivity index (χ0v) is 20.7. The Labute approximate surface area is 216 Å². The third kappa shape index (κ3) is 4.79. The van der Waals surface area contributed by atoms with E-state index in [0.717, 1.165) is 37.2 Å². The maximum Gasteiger partial charge on any atom is 0.255 e. The zero-order valence-electron chi connectivity index (χ0n) is 20.7. The SMILES string of the molecule is O=C1CCC(N2Cc3c(OCc4ccc(CN5CCc6ncccc6C5)cc4)cccc3C2=O)C(=O)C1. The number of hydrogen-bond acceptors (Lipinski definition) is 6. The Hall–Kier alpha value is -3.84. The molecule has 0 radical (unpaired) electrons. The van der Waals surface area contributed by atoms with Gasteiger partial charge in [0.25, 0.3) is 5.91 Å². The van der Waals surface area contributed by atoms with E-state index in [1.54, 1.807) is 11.0 Å². The molecule has 3 aromatic rings. The van der Waals surface area contributed by atoms with Gasteiger partial charge in [0.1, 0.15) is 18.1 Å². The molecule has 1 unspecified atom stereocenters. The van der Waals surface area contributed by atoms with Crippen LogP contribution in [0.25, 0.3) is 0 Å². The maximum atomic E-state index is 13.0. The highest BCUT2D eigenvalue weighted by Crippen LogP contribution is 2.34. The molecule has 0 spiro atoms. The fourth-order valence-corrected chi connectivity index (χ4v) is 5.62. The Balaban J connectivity index is 1.08. The average Bonchev–Trinajstić information content (AvgIpc) is 3.25. The maximum absolute atomic E-state index is 13.0. The molecule has 37 heavy (non-hydrogen) atoms. The molecule has 3 heterocycles. The van der Waals surface area contributed by atoms with Crippen molar-refractivity contribution in [2.75, 3.05) is 6.54 Å². The summed E-state index contributed by atoms with van der Waals surface area (Å²) in [7, 11) is 0. The summed E-state index contributed by atoms with van der Waals surface area (Å²) in [6.45, 7) is 3.55. The van der Waals surface area contributed by atoms with Gasteiger partial charge in [-0.2, -0.15) is 0 Å². The topological polar surface area (TPSA) is 79.8 Å². The first kappa shape index (κ1) is 23.6. The van der Waals surface area contributed by atoms with Crippen molar-refractivity contribution in [3.63, 3.8) is 0 Å². The Morgan fingerprint density at radius 1 is 0.919 bits per heavy atom. The largest absolute Gasteiger partial charge is 0.489 e. The van der Waals surface area contributed by atoms with Crippen LogP contribution >= 0.6 is 0 Å². The second-order valence-corrected chi connectivity index (χ2v) is 10.1. The van der Waals surface area contributed by atoms with E-state index in [9.17, 15) is 14.4 Å². The molecule has 188 valence electrons. The third-order valence-corrected chi connectivity index (χ3v) is 7.64. The summed E-state index contributed by atoms with van der Waals surface area (Å²) >= 11 is 0. The number of ether oxygens (including phenoxy) is 1. The Morgan fingerprint density at radius 2 is 1.76 bits per heavy atom. The van der Waals surface area contributed by atoms with Gasteiger partial charge in [-0.15, -0.1) is 0 Å². The molecule has 0 bridgehead atoms. The van der Waals surface area contributed by atoms with Crippen LogP contribution in [0.1, 0.15) is 57.6 Å². The first-order valence-electron chi connectivity index (χ1n) is 12.9. The van der Waals surface area contributed by atoms with Gasteiger partial charge in [-0.25, -0.2) is 0 Å². The van der Waals surface area contributed by atoms with E-state index in [1.807, 2.05) is 24.4 Å². The molecular weight excluding hydrogens is 466 g/mol. The lowest BCUT2D eigenvalue weighted by Gasteiger charge is -2.29. The van der Waals surface area contributed by atoms with E-state index < -0.39 is 6.04 Å². The van der Waals surface area contributed by atoms with Gasteiger partial charge >= 0.3 is 0 Å². The quantitative estimate of drug-likeness (QED) is 0.483. The molecule has 2 aromatic carbocycles. The molecule has 1 saturated carbocycles. The Morgan fingerprint density at radius 3 is 2.59 bits per heavy atom. The Kier molecular flexibility index (Phi) is 6.30. The predicted octanol–water partition coefficient (Wildman–Crippen LogP) is 3.87. The van der Waals surface area contributed by atoms with Gasteiger partial charge in [-0.1, -0.05) is 36.4 Å². The first-order chi connectivity index (χ1) is 18.0. The number of fused-ring (bicyclic) bond motifs is 2. The van der Waals surface area contributed by atoms with Crippen LogP contribution in [0, 0.1) is 0 Å². The minimum absolute atomic E-state index is 0.0426. The number of hydrogen-bond donors (Lipinski definition) is 0. The van der Waals surface area contributed by atoms with Gasteiger partial charge in [0, 0.05) is 55.5 Å². The van der Waals surface area contributed by atoms with E-state index in [4.69, 9.17) is 4.74 Å². The van der Waals surface area contributed by atoms with Crippen LogP contribution in [-0.2, 0) is 42.3 Å². The van der Waals surface area contributed by atoms with E-state index in [2.05, 4.69) is 40.2 Å². The van der Waals surface area contributed by atoms with Crippen LogP contribution in [0.5, 0.6) is 5.75 Å². The molecule has 0 saturated heterocycles. The van der Waals surface area contributed by atoms with Crippen molar-refractivity contribution in [3.05, 3.63) is 94.3 Å². The van der Waals surface area contributed by atoms with Crippen LogP contribution in [-0.4, -0.2) is 44.8 Å². The molecule has 2 aliphatic heterocycles. The first-order valence-corrected chi connectivity index (χ1v) is 12.9. The highest BCUT2D eigenvalue weighted by atomic mass is 16.5. The Bertz CT molecular complexity index is 1370. The number of amides is 1. The predicted molar refractivity (Wildman–Crippen MR) is 137 cm³/mol. The van der Waals surface area contributed by atoms with Crippen LogP contribution in [0.15, 0.2) is 60.8 Å². The molecule has 6 rings (SSSR count). The molecule has 1 aromatic heterocycles. The molecule has 1 amide bonds. The summed E-state index contributed by atoms with van der Waals surface area (Å²) in [5.41, 5.74) is 6.23. The van der Waals surface area contributed by atoms with Gasteiger partial charge in [0.15, 0.2) is 5.78 Å². The summed E-state index contributed by atoms with van der Waals surface area (Å²) in [5.74, 6) is 0.301. The summed E-state index contributed by atoms with van der Waals surface area (Å²) in [6.07, 6.45) is 3.52. The van der Waals surface area contributed by atoms with Crippen molar-refractivity contribution in [1.82, 2.24) is 14.8 Å². The number of carbonyl (C=O) groups is 3. The minimum atomic E-state index is -0.525. The number of rotatable bonds is 6. The highest BCUT2D eigenvalue weighted by molar-refractivity contribution is 6.07. The van der Waals surface area contributed by atoms with Gasteiger partial charge in [-0.05, 0) is 41.3 Å². The normalized spacial score (nSPS) is 19.6. The van der Waals surface area contributed by atoms with Crippen molar-refractivity contribution in [3.8, 4) is 5.75 Å². The number of pyridine rings is 1. The molecule has 0 N–H and O–H groups in total. The van der Waals surface area contributed by atoms with Gasteiger partial charge in [-0.3, -0.25) is 24.3 Å². The lowest BCUT2D eigenvalue weighted by atomic mass is 9.92. The standard InChI is InChI=1S/C30H29N3O4/c34-23-10-11-27(28(35)15-23)33-18-25-24(30(33)36)4-1-5-29(25)37-19-21-8-6-20(7-9-21)16-32-14-12-26-22(17-32)3-2-13-31-26/h1-9,13,27H,10-12,14-19H2. The van der Waals surface area contributed by atoms with E-state index >= 15 is 0 Å². The lowest BCUT2D eigenvalue weighted by Crippen LogP contribution is -2.44. The van der Waals surface area contributed by atoms with Crippen LogP contribution < -0.4 is 4.74 Å². The second kappa shape index (κ2) is 9.90. The average molecular weight is 496 g/mol. The van der Waals surface area contributed by atoms with Crippen molar-refractivity contribution in [1.29, 1.82) is 0 Å². The van der Waals surface area contributed by atoms with Crippen molar-refractivity contribution < 1.29 is 19.1 Å². The lowest BCUT2D eigenvalue weighted by molar-refractivity contribution is -0.133. The van der Waals surface area contributed by atoms with Crippen molar-refractivity contribution in [2.24, 2.45) is 0 Å². The van der Waals surface area contributed by atoms with Crippen molar-refractivity contribution in [2.45, 2.75) is 58.0 Å². The number of aromatic nitrogens is 1. The van der Waals surface area contributed by atoms with Crippen LogP contribution in [0.4, 0.5) is 0 Å². The number of benzene rings is 2. The number of Topliss-reactive ketones (excluding diaryl/α,β-unsaturated/α-hetero) is 2. The van der Waals surface area contributed by atoms with Gasteiger partial charge in [0.05, 0.1) is 19.0 Å². The molecule has 1 atom stereocenters. The molecular formula is C30H29N3O4. The fourth-order valence-electron chi connectivity index (χ4n) is 5.62. The molecule has 3 aliphatic rings. The van der Waals surface area contributed by atoms with Crippen molar-refractivity contribution >= 4 is 17.5 Å². The minimum Gasteiger partial charge on any atom is -0.489 e. The number of nitrogens with zero attached hydrogens (tertiary/aromatic N) is 3. The van der Waals surface area contributed by atoms with E-state index in [-0.39, 0.29) is 23.9 Å². The summed E-state index contributed by atoms with van der Waals surface area (Å²) < 4.78 is 6.16. The molecule has 1 aliphatic carbocycles. The van der Waals surface area contributed by atoms with Gasteiger partial charge in [0.2, 0.25) is 0 Å². The van der Waals surface area contributed by atoms with Crippen LogP contribution in [0.2, 0.25) is 0 Å². The van der Waals surface area contributed by atoms with E-state index in [0.29, 0.717) is 37.3 Å².